The van der Waals surface area contributed by atoms with Crippen molar-refractivity contribution in [1.82, 2.24) is 9.38 Å². The van der Waals surface area contributed by atoms with Gasteiger partial charge in [0.15, 0.2) is 4.96 Å². The molecule has 0 spiro atoms. The average Bonchev–Trinajstić information content (AvgIpc) is 2.98. The van der Waals surface area contributed by atoms with Gasteiger partial charge in [0.2, 0.25) is 0 Å². The van der Waals surface area contributed by atoms with Crippen LogP contribution in [0.3, 0.4) is 0 Å². The van der Waals surface area contributed by atoms with Crippen LogP contribution < -0.4 is 5.73 Å². The number of hydrogen-bond donors (Lipinski definition) is 1. The van der Waals surface area contributed by atoms with E-state index in [0.717, 1.165) is 21.5 Å². The number of aromatic nitrogens is 2. The molecule has 0 amide bonds. The summed E-state index contributed by atoms with van der Waals surface area (Å²) in [6.07, 6.45) is 5.01. The highest BCUT2D eigenvalue weighted by molar-refractivity contribution is 9.10. The summed E-state index contributed by atoms with van der Waals surface area (Å²) in [4.78, 5) is 5.66. The van der Waals surface area contributed by atoms with Crippen molar-refractivity contribution in [3.05, 3.63) is 57.8 Å². The van der Waals surface area contributed by atoms with E-state index in [1.54, 1.807) is 11.3 Å². The molecule has 0 aliphatic heterocycles. The van der Waals surface area contributed by atoms with Crippen LogP contribution in [0.15, 0.2) is 46.5 Å². The van der Waals surface area contributed by atoms with Gasteiger partial charge in [0.05, 0.1) is 5.69 Å². The standard InChI is InChI=1S/C14H14BrN3S/c15-12-3-1-10(2-4-12)11(8-16)7-13-9-18-5-6-19-14(18)17-13/h1-6,9,11H,7-8,16H2. The Bertz CT molecular complexity index is 643. The zero-order valence-corrected chi connectivity index (χ0v) is 12.7. The molecule has 1 aromatic carbocycles. The van der Waals surface area contributed by atoms with Crippen LogP contribution >= 0.6 is 27.3 Å². The van der Waals surface area contributed by atoms with Crippen LogP contribution in [0.1, 0.15) is 17.2 Å². The zero-order valence-electron chi connectivity index (χ0n) is 10.3. The summed E-state index contributed by atoms with van der Waals surface area (Å²) in [5.74, 6) is 0.317. The normalized spacial score (nSPS) is 12.9. The number of halogens is 1. The molecule has 0 fully saturated rings. The number of benzene rings is 1. The maximum absolute atomic E-state index is 5.92. The third kappa shape index (κ3) is 2.73. The number of rotatable bonds is 4. The number of fused-ring (bicyclic) bond motifs is 1. The molecule has 0 saturated carbocycles. The van der Waals surface area contributed by atoms with Crippen LogP contribution in [0.2, 0.25) is 0 Å². The first-order valence-corrected chi connectivity index (χ1v) is 7.80. The van der Waals surface area contributed by atoms with Crippen LogP contribution in [-0.2, 0) is 6.42 Å². The fourth-order valence-corrected chi connectivity index (χ4v) is 3.18. The second-order valence-corrected chi connectivity index (χ2v) is 6.30. The SMILES string of the molecule is NCC(Cc1cn2ccsc2n1)c1ccc(Br)cc1. The second-order valence-electron chi connectivity index (χ2n) is 4.51. The Balaban J connectivity index is 1.83. The lowest BCUT2D eigenvalue weighted by atomic mass is 9.95. The first-order valence-electron chi connectivity index (χ1n) is 6.13. The van der Waals surface area contributed by atoms with E-state index < -0.39 is 0 Å². The predicted octanol–water partition coefficient (Wildman–Crippen LogP) is 3.44. The molecule has 2 heterocycles. The van der Waals surface area contributed by atoms with Crippen molar-refractivity contribution in [3.63, 3.8) is 0 Å². The van der Waals surface area contributed by atoms with E-state index in [1.165, 1.54) is 5.56 Å². The minimum Gasteiger partial charge on any atom is -0.330 e. The molecule has 0 bridgehead atoms. The van der Waals surface area contributed by atoms with Crippen LogP contribution in [-0.4, -0.2) is 15.9 Å². The molecule has 3 nitrogen and oxygen atoms in total. The number of nitrogens with two attached hydrogens (primary N) is 1. The second kappa shape index (κ2) is 5.45. The summed E-state index contributed by atoms with van der Waals surface area (Å²) in [7, 11) is 0. The highest BCUT2D eigenvalue weighted by Crippen LogP contribution is 2.22. The molecule has 5 heteroatoms. The van der Waals surface area contributed by atoms with Gasteiger partial charge >= 0.3 is 0 Å². The molecular weight excluding hydrogens is 322 g/mol. The third-order valence-electron chi connectivity index (χ3n) is 3.22. The number of hydrogen-bond acceptors (Lipinski definition) is 3. The summed E-state index contributed by atoms with van der Waals surface area (Å²) in [6, 6.07) is 8.37. The molecule has 0 saturated heterocycles. The lowest BCUT2D eigenvalue weighted by Gasteiger charge is -2.13. The Kier molecular flexibility index (Phi) is 3.68. The molecule has 0 aliphatic carbocycles. The van der Waals surface area contributed by atoms with E-state index in [0.29, 0.717) is 12.5 Å². The third-order valence-corrected chi connectivity index (χ3v) is 4.52. The zero-order chi connectivity index (χ0) is 13.2. The van der Waals surface area contributed by atoms with Crippen LogP contribution in [0.5, 0.6) is 0 Å². The van der Waals surface area contributed by atoms with Crippen molar-refractivity contribution >= 4 is 32.2 Å². The van der Waals surface area contributed by atoms with E-state index in [-0.39, 0.29) is 0 Å². The van der Waals surface area contributed by atoms with Gasteiger partial charge in [0.25, 0.3) is 0 Å². The van der Waals surface area contributed by atoms with Crippen LogP contribution in [0, 0.1) is 0 Å². The topological polar surface area (TPSA) is 43.3 Å². The van der Waals surface area contributed by atoms with Gasteiger partial charge in [-0.3, -0.25) is 4.40 Å². The monoisotopic (exact) mass is 335 g/mol. The van der Waals surface area contributed by atoms with Gasteiger partial charge < -0.3 is 5.73 Å². The summed E-state index contributed by atoms with van der Waals surface area (Å²) in [5.41, 5.74) is 8.28. The molecule has 1 atom stereocenters. The fourth-order valence-electron chi connectivity index (χ4n) is 2.20. The van der Waals surface area contributed by atoms with E-state index in [1.807, 2.05) is 11.6 Å². The maximum Gasteiger partial charge on any atom is 0.193 e. The molecule has 3 aromatic rings. The van der Waals surface area contributed by atoms with Gasteiger partial charge in [-0.25, -0.2) is 4.98 Å². The highest BCUT2D eigenvalue weighted by Gasteiger charge is 2.13. The molecule has 2 N–H and O–H groups in total. The van der Waals surface area contributed by atoms with Crippen molar-refractivity contribution in [1.29, 1.82) is 0 Å². The minimum atomic E-state index is 0.317. The summed E-state index contributed by atoms with van der Waals surface area (Å²) in [5, 5.41) is 2.04. The lowest BCUT2D eigenvalue weighted by Crippen LogP contribution is -2.15. The summed E-state index contributed by atoms with van der Waals surface area (Å²) >= 11 is 5.11. The molecule has 19 heavy (non-hydrogen) atoms. The van der Waals surface area contributed by atoms with Gasteiger partial charge in [-0.1, -0.05) is 28.1 Å². The van der Waals surface area contributed by atoms with Gasteiger partial charge in [-0.15, -0.1) is 11.3 Å². The van der Waals surface area contributed by atoms with E-state index in [2.05, 4.69) is 55.8 Å². The maximum atomic E-state index is 5.92. The fraction of sp³-hybridized carbons (Fsp3) is 0.214. The Hall–Kier alpha value is -1.17. The number of nitrogens with zero attached hydrogens (tertiary/aromatic N) is 2. The van der Waals surface area contributed by atoms with Crippen molar-refractivity contribution < 1.29 is 0 Å². The van der Waals surface area contributed by atoms with Gasteiger partial charge in [0, 0.05) is 28.2 Å². The van der Waals surface area contributed by atoms with Crippen molar-refractivity contribution in [2.75, 3.05) is 6.54 Å². The smallest absolute Gasteiger partial charge is 0.193 e. The Labute approximate surface area is 124 Å². The molecule has 0 radical (unpaired) electrons. The number of thiazole rings is 1. The van der Waals surface area contributed by atoms with Crippen molar-refractivity contribution in [2.24, 2.45) is 5.73 Å². The first kappa shape index (κ1) is 12.8. The molecule has 1 unspecified atom stereocenters. The first-order chi connectivity index (χ1) is 9.26. The molecule has 2 aromatic heterocycles. The van der Waals surface area contributed by atoms with E-state index in [4.69, 9.17) is 5.73 Å². The molecular formula is C14H14BrN3S. The van der Waals surface area contributed by atoms with Gasteiger partial charge in [0.1, 0.15) is 0 Å². The Morgan fingerprint density at radius 1 is 1.32 bits per heavy atom. The molecule has 0 aliphatic rings. The van der Waals surface area contributed by atoms with Gasteiger partial charge in [-0.2, -0.15) is 0 Å². The lowest BCUT2D eigenvalue weighted by molar-refractivity contribution is 0.685. The molecule has 98 valence electrons. The van der Waals surface area contributed by atoms with E-state index in [9.17, 15) is 0 Å². The van der Waals surface area contributed by atoms with Crippen molar-refractivity contribution in [2.45, 2.75) is 12.3 Å². The average molecular weight is 336 g/mol. The summed E-state index contributed by atoms with van der Waals surface area (Å²) < 4.78 is 3.16. The summed E-state index contributed by atoms with van der Waals surface area (Å²) in [6.45, 7) is 0.632. The Morgan fingerprint density at radius 2 is 2.11 bits per heavy atom. The highest BCUT2D eigenvalue weighted by atomic mass is 79.9. The Morgan fingerprint density at radius 3 is 2.79 bits per heavy atom. The van der Waals surface area contributed by atoms with Gasteiger partial charge in [-0.05, 0) is 30.7 Å². The largest absolute Gasteiger partial charge is 0.330 e. The predicted molar refractivity (Wildman–Crippen MR) is 82.7 cm³/mol. The minimum absolute atomic E-state index is 0.317. The van der Waals surface area contributed by atoms with Crippen LogP contribution in [0.4, 0.5) is 0 Å². The van der Waals surface area contributed by atoms with Crippen LogP contribution in [0.25, 0.3) is 4.96 Å². The van der Waals surface area contributed by atoms with Crippen molar-refractivity contribution in [3.8, 4) is 0 Å². The molecule has 3 rings (SSSR count). The number of imidazole rings is 1. The quantitative estimate of drug-likeness (QED) is 0.793. The van der Waals surface area contributed by atoms with E-state index >= 15 is 0 Å².